The summed E-state index contributed by atoms with van der Waals surface area (Å²) >= 11 is 0. The van der Waals surface area contributed by atoms with Gasteiger partial charge in [-0.3, -0.25) is 9.59 Å². The van der Waals surface area contributed by atoms with Crippen LogP contribution < -0.4 is 0 Å². The quantitative estimate of drug-likeness (QED) is 0.0347. The highest BCUT2D eigenvalue weighted by Crippen LogP contribution is 2.15. The molecule has 0 radical (unpaired) electrons. The number of carbonyl (C=O) groups excluding carboxylic acids is 2. The second-order valence-corrected chi connectivity index (χ2v) is 17.4. The molecule has 0 aromatic rings. The zero-order valence-corrected chi connectivity index (χ0v) is 40.2. The fourth-order valence-electron chi connectivity index (χ4n) is 7.38. The molecule has 0 aliphatic heterocycles. The third-order valence-electron chi connectivity index (χ3n) is 11.3. The number of unbranched alkanes of at least 4 members (excludes halogenated alkanes) is 29. The van der Waals surface area contributed by atoms with E-state index in [2.05, 4.69) is 69.4 Å². The lowest BCUT2D eigenvalue weighted by Gasteiger charge is -2.18. The average Bonchev–Trinajstić information content (AvgIpc) is 3.25. The summed E-state index contributed by atoms with van der Waals surface area (Å²) in [6, 6.07) is 0. The zero-order valence-electron chi connectivity index (χ0n) is 40.2. The van der Waals surface area contributed by atoms with Crippen molar-refractivity contribution in [3.8, 4) is 0 Å². The summed E-state index contributed by atoms with van der Waals surface area (Å²) in [7, 11) is 0. The average molecular weight is 841 g/mol. The van der Waals surface area contributed by atoms with Gasteiger partial charge in [0.1, 0.15) is 6.61 Å². The van der Waals surface area contributed by atoms with E-state index in [1.165, 1.54) is 161 Å². The van der Waals surface area contributed by atoms with Crippen LogP contribution in [0.25, 0.3) is 0 Å². The van der Waals surface area contributed by atoms with Gasteiger partial charge in [-0.25, -0.2) is 0 Å². The molecule has 0 aliphatic rings. The Morgan fingerprint density at radius 2 is 0.717 bits per heavy atom. The van der Waals surface area contributed by atoms with Crippen molar-refractivity contribution >= 4 is 11.9 Å². The maximum atomic E-state index is 12.8. The summed E-state index contributed by atoms with van der Waals surface area (Å²) < 4.78 is 17.4. The van der Waals surface area contributed by atoms with Crippen molar-refractivity contribution in [3.63, 3.8) is 0 Å². The smallest absolute Gasteiger partial charge is 0.306 e. The standard InChI is InChI=1S/C55H100O5/c1-4-7-10-13-16-19-22-24-26-27-28-29-30-31-34-36-39-42-45-48-54(56)59-52-53(60-55(57)49-46-43-40-37-33-21-18-15-12-9-6-3)51-58-50-47-44-41-38-35-32-25-23-20-17-14-11-8-5-2/h15-16,18-19,24,26,28-29,53H,4-14,17,20-23,25,27,30-52H2,1-3H3/b18-15-,19-16-,26-24-,29-28-. The van der Waals surface area contributed by atoms with Gasteiger partial charge in [-0.1, -0.05) is 223 Å². The predicted octanol–water partition coefficient (Wildman–Crippen LogP) is 17.6. The van der Waals surface area contributed by atoms with Crippen molar-refractivity contribution in [2.24, 2.45) is 0 Å². The van der Waals surface area contributed by atoms with Crippen LogP contribution in [0, 0.1) is 0 Å². The highest BCUT2D eigenvalue weighted by molar-refractivity contribution is 5.70. The Morgan fingerprint density at radius 3 is 1.22 bits per heavy atom. The lowest BCUT2D eigenvalue weighted by atomic mass is 10.0. The SMILES string of the molecule is CCCC/C=C\CCCCCCCC(=O)OC(COCCCCCCCCCCCCCCCC)COC(=O)CCCCCCCC/C=C\C/C=C\C/C=C\CCCCC. The Bertz CT molecular complexity index is 997. The molecule has 0 amide bonds. The summed E-state index contributed by atoms with van der Waals surface area (Å²) in [5, 5.41) is 0. The van der Waals surface area contributed by atoms with Gasteiger partial charge in [-0.15, -0.1) is 0 Å². The lowest BCUT2D eigenvalue weighted by Crippen LogP contribution is -2.30. The molecule has 5 nitrogen and oxygen atoms in total. The summed E-state index contributed by atoms with van der Waals surface area (Å²) in [6.45, 7) is 7.78. The van der Waals surface area contributed by atoms with E-state index in [1.807, 2.05) is 0 Å². The highest BCUT2D eigenvalue weighted by atomic mass is 16.6. The van der Waals surface area contributed by atoms with Gasteiger partial charge in [0.25, 0.3) is 0 Å². The van der Waals surface area contributed by atoms with Crippen molar-refractivity contribution in [3.05, 3.63) is 48.6 Å². The third-order valence-corrected chi connectivity index (χ3v) is 11.3. The number of allylic oxidation sites excluding steroid dienone is 8. The van der Waals surface area contributed by atoms with Crippen molar-refractivity contribution in [2.45, 2.75) is 271 Å². The highest BCUT2D eigenvalue weighted by Gasteiger charge is 2.17. The molecule has 0 saturated heterocycles. The number of carbonyl (C=O) groups is 2. The predicted molar refractivity (Wildman–Crippen MR) is 261 cm³/mol. The first kappa shape index (κ1) is 57.9. The fourth-order valence-corrected chi connectivity index (χ4v) is 7.38. The molecule has 0 aromatic carbocycles. The van der Waals surface area contributed by atoms with E-state index in [-0.39, 0.29) is 25.2 Å². The van der Waals surface area contributed by atoms with Gasteiger partial charge in [-0.2, -0.15) is 0 Å². The molecule has 60 heavy (non-hydrogen) atoms. The van der Waals surface area contributed by atoms with Crippen molar-refractivity contribution < 1.29 is 23.8 Å². The van der Waals surface area contributed by atoms with Crippen LogP contribution in [-0.2, 0) is 23.8 Å². The molecular formula is C55H100O5. The van der Waals surface area contributed by atoms with E-state index in [0.29, 0.717) is 19.4 Å². The Labute approximate surface area is 373 Å². The molecule has 0 heterocycles. The molecule has 350 valence electrons. The minimum Gasteiger partial charge on any atom is -0.462 e. The van der Waals surface area contributed by atoms with Crippen LogP contribution in [0.2, 0.25) is 0 Å². The van der Waals surface area contributed by atoms with E-state index in [0.717, 1.165) is 70.6 Å². The molecule has 0 N–H and O–H groups in total. The number of hydrogen-bond donors (Lipinski definition) is 0. The fraction of sp³-hybridized carbons (Fsp3) is 0.818. The van der Waals surface area contributed by atoms with Crippen LogP contribution >= 0.6 is 0 Å². The molecule has 0 aromatic heterocycles. The second kappa shape index (κ2) is 51.2. The van der Waals surface area contributed by atoms with Crippen LogP contribution in [0.3, 0.4) is 0 Å². The summed E-state index contributed by atoms with van der Waals surface area (Å²) in [6.07, 6.45) is 62.6. The first-order chi connectivity index (χ1) is 29.6. The van der Waals surface area contributed by atoms with Gasteiger partial charge in [-0.05, 0) is 77.0 Å². The zero-order chi connectivity index (χ0) is 43.5. The lowest BCUT2D eigenvalue weighted by molar-refractivity contribution is -0.163. The van der Waals surface area contributed by atoms with Crippen molar-refractivity contribution in [2.75, 3.05) is 19.8 Å². The first-order valence-electron chi connectivity index (χ1n) is 26.2. The van der Waals surface area contributed by atoms with Gasteiger partial charge in [0, 0.05) is 19.4 Å². The minimum absolute atomic E-state index is 0.0779. The van der Waals surface area contributed by atoms with Crippen molar-refractivity contribution in [1.29, 1.82) is 0 Å². The van der Waals surface area contributed by atoms with Crippen LogP contribution in [0.15, 0.2) is 48.6 Å². The Morgan fingerprint density at radius 1 is 0.367 bits per heavy atom. The van der Waals surface area contributed by atoms with E-state index in [1.54, 1.807) is 0 Å². The second-order valence-electron chi connectivity index (χ2n) is 17.4. The summed E-state index contributed by atoms with van der Waals surface area (Å²) in [5.74, 6) is -0.413. The molecular weight excluding hydrogens is 741 g/mol. The van der Waals surface area contributed by atoms with Crippen LogP contribution in [0.5, 0.6) is 0 Å². The van der Waals surface area contributed by atoms with Crippen LogP contribution in [0.1, 0.15) is 265 Å². The van der Waals surface area contributed by atoms with Gasteiger partial charge in [0.05, 0.1) is 6.61 Å². The van der Waals surface area contributed by atoms with E-state index >= 15 is 0 Å². The largest absolute Gasteiger partial charge is 0.462 e. The molecule has 0 saturated carbocycles. The van der Waals surface area contributed by atoms with E-state index in [9.17, 15) is 9.59 Å². The first-order valence-corrected chi connectivity index (χ1v) is 26.2. The number of hydrogen-bond acceptors (Lipinski definition) is 5. The Balaban J connectivity index is 4.23. The number of esters is 2. The molecule has 0 fully saturated rings. The summed E-state index contributed by atoms with van der Waals surface area (Å²) in [5.41, 5.74) is 0. The minimum atomic E-state index is -0.542. The normalized spacial score (nSPS) is 12.5. The number of rotatable bonds is 48. The van der Waals surface area contributed by atoms with Gasteiger partial charge < -0.3 is 14.2 Å². The molecule has 0 aliphatic carbocycles. The monoisotopic (exact) mass is 841 g/mol. The van der Waals surface area contributed by atoms with Gasteiger partial charge in [0.15, 0.2) is 6.10 Å². The van der Waals surface area contributed by atoms with E-state index in [4.69, 9.17) is 14.2 Å². The third kappa shape index (κ3) is 48.5. The Hall–Kier alpha value is -2.14. The maximum absolute atomic E-state index is 12.8. The topological polar surface area (TPSA) is 61.8 Å². The number of ether oxygens (including phenoxy) is 3. The summed E-state index contributed by atoms with van der Waals surface area (Å²) in [4.78, 5) is 25.4. The maximum Gasteiger partial charge on any atom is 0.306 e. The molecule has 0 bridgehead atoms. The van der Waals surface area contributed by atoms with Crippen LogP contribution in [-0.4, -0.2) is 37.9 Å². The Kier molecular flexibility index (Phi) is 49.4. The van der Waals surface area contributed by atoms with E-state index < -0.39 is 6.10 Å². The molecule has 0 spiro atoms. The van der Waals surface area contributed by atoms with Crippen molar-refractivity contribution in [1.82, 2.24) is 0 Å². The molecule has 1 unspecified atom stereocenters. The molecule has 5 heteroatoms. The van der Waals surface area contributed by atoms with Crippen LogP contribution in [0.4, 0.5) is 0 Å². The van der Waals surface area contributed by atoms with Gasteiger partial charge >= 0.3 is 11.9 Å². The molecule has 0 rings (SSSR count). The molecule has 1 atom stereocenters. The van der Waals surface area contributed by atoms with Gasteiger partial charge in [0.2, 0.25) is 0 Å².